The van der Waals surface area contributed by atoms with E-state index < -0.39 is 0 Å². The zero-order valence-electron chi connectivity index (χ0n) is 32.6. The van der Waals surface area contributed by atoms with Crippen LogP contribution in [0.5, 0.6) is 11.5 Å². The summed E-state index contributed by atoms with van der Waals surface area (Å²) in [5.41, 5.74) is 19.0. The largest absolute Gasteiger partial charge is 0.452 e. The van der Waals surface area contributed by atoms with Crippen molar-refractivity contribution in [2.75, 3.05) is 9.80 Å². The van der Waals surface area contributed by atoms with E-state index in [2.05, 4.69) is 219 Å². The van der Waals surface area contributed by atoms with Crippen molar-refractivity contribution in [3.05, 3.63) is 204 Å². The van der Waals surface area contributed by atoms with Crippen LogP contribution in [-0.4, -0.2) is 0 Å². The molecule has 0 fully saturated rings. The Balaban J connectivity index is 1.04. The second-order valence-corrected chi connectivity index (χ2v) is 16.6. The van der Waals surface area contributed by atoms with E-state index in [1.54, 1.807) is 0 Å². The molecule has 3 nitrogen and oxygen atoms in total. The number of hydrogen-bond donors (Lipinski definition) is 0. The van der Waals surface area contributed by atoms with Gasteiger partial charge in [0.25, 0.3) is 0 Å². The van der Waals surface area contributed by atoms with Crippen molar-refractivity contribution in [2.24, 2.45) is 0 Å². The molecule has 3 heteroatoms. The highest BCUT2D eigenvalue weighted by molar-refractivity contribution is 5.97. The summed E-state index contributed by atoms with van der Waals surface area (Å²) in [5, 5.41) is 0. The Bertz CT molecular complexity index is 2870. The molecular formula is C54H42N2O. The third kappa shape index (κ3) is 4.98. The maximum atomic E-state index is 6.92. The Morgan fingerprint density at radius 2 is 0.947 bits per heavy atom. The standard InChI is InChI=1S/C54H42N2O/c1-53(2)44-17-9-8-16-42(44)43-31-30-40(34-47(43)53)55(38-26-22-36(23-27-38)35-14-6-5-7-15-35)39-28-24-37(25-29-39)41-32-33-46-51-52(41)57-50-21-13-12-20-49(50)56(51)48-19-11-10-18-45(48)54(46,3)4/h5-34H,1-4H3. The van der Waals surface area contributed by atoms with Crippen molar-refractivity contribution in [1.82, 2.24) is 0 Å². The fourth-order valence-corrected chi connectivity index (χ4v) is 9.68. The van der Waals surface area contributed by atoms with E-state index in [0.29, 0.717) is 0 Å². The molecule has 8 aromatic rings. The number of para-hydroxylation sites is 3. The van der Waals surface area contributed by atoms with Crippen molar-refractivity contribution >= 4 is 34.1 Å². The highest BCUT2D eigenvalue weighted by Gasteiger charge is 2.42. The van der Waals surface area contributed by atoms with Crippen molar-refractivity contribution in [2.45, 2.75) is 38.5 Å². The lowest BCUT2D eigenvalue weighted by molar-refractivity contribution is 0.473. The van der Waals surface area contributed by atoms with Gasteiger partial charge in [-0.1, -0.05) is 155 Å². The van der Waals surface area contributed by atoms with Gasteiger partial charge in [-0.3, -0.25) is 0 Å². The fraction of sp³-hybridized carbons (Fsp3) is 0.111. The van der Waals surface area contributed by atoms with Crippen molar-refractivity contribution in [3.63, 3.8) is 0 Å². The Kier molecular flexibility index (Phi) is 7.25. The van der Waals surface area contributed by atoms with Crippen molar-refractivity contribution < 1.29 is 4.74 Å². The van der Waals surface area contributed by atoms with Crippen LogP contribution in [0.25, 0.3) is 33.4 Å². The van der Waals surface area contributed by atoms with Crippen LogP contribution in [-0.2, 0) is 10.8 Å². The minimum absolute atomic E-state index is 0.107. The van der Waals surface area contributed by atoms with Gasteiger partial charge in [-0.25, -0.2) is 0 Å². The van der Waals surface area contributed by atoms with Gasteiger partial charge in [-0.15, -0.1) is 0 Å². The molecule has 11 rings (SSSR count). The molecule has 0 spiro atoms. The summed E-state index contributed by atoms with van der Waals surface area (Å²) in [6, 6.07) is 66.2. The lowest BCUT2D eigenvalue weighted by atomic mass is 9.72. The lowest BCUT2D eigenvalue weighted by Crippen LogP contribution is -2.32. The molecule has 2 heterocycles. The van der Waals surface area contributed by atoms with Gasteiger partial charge in [-0.05, 0) is 105 Å². The predicted molar refractivity (Wildman–Crippen MR) is 236 cm³/mol. The lowest BCUT2D eigenvalue weighted by Gasteiger charge is -2.45. The summed E-state index contributed by atoms with van der Waals surface area (Å²) in [5.74, 6) is 1.76. The SMILES string of the molecule is CC1(C)c2ccccc2-c2ccc(N(c3ccc(-c4ccccc4)cc3)c3ccc(-c4ccc5c6c4Oc4ccccc4N6c4ccccc4C5(C)C)cc3)cc21. The molecule has 0 N–H and O–H groups in total. The summed E-state index contributed by atoms with van der Waals surface area (Å²) in [7, 11) is 0. The van der Waals surface area contributed by atoms with E-state index in [1.807, 2.05) is 0 Å². The number of fused-ring (bicyclic) bond motifs is 7. The first-order valence-corrected chi connectivity index (χ1v) is 19.9. The van der Waals surface area contributed by atoms with Gasteiger partial charge in [0.05, 0.1) is 17.1 Å². The van der Waals surface area contributed by atoms with Gasteiger partial charge in [0, 0.05) is 33.5 Å². The van der Waals surface area contributed by atoms with Gasteiger partial charge in [0.15, 0.2) is 11.5 Å². The molecule has 0 amide bonds. The molecule has 8 aromatic carbocycles. The smallest absolute Gasteiger partial charge is 0.159 e. The second kappa shape index (κ2) is 12.3. The highest BCUT2D eigenvalue weighted by atomic mass is 16.5. The van der Waals surface area contributed by atoms with Crippen molar-refractivity contribution in [1.29, 1.82) is 0 Å². The van der Waals surface area contributed by atoms with Crippen molar-refractivity contribution in [3.8, 4) is 44.9 Å². The van der Waals surface area contributed by atoms with E-state index in [9.17, 15) is 0 Å². The molecule has 2 aliphatic heterocycles. The normalized spacial score (nSPS) is 14.7. The first kappa shape index (κ1) is 33.5. The molecule has 0 aromatic heterocycles. The topological polar surface area (TPSA) is 15.7 Å². The third-order valence-electron chi connectivity index (χ3n) is 12.7. The van der Waals surface area contributed by atoms with E-state index in [-0.39, 0.29) is 10.8 Å². The first-order chi connectivity index (χ1) is 27.8. The van der Waals surface area contributed by atoms with Gasteiger partial charge in [0.1, 0.15) is 0 Å². The number of hydrogen-bond acceptors (Lipinski definition) is 3. The Hall–Kier alpha value is -6.84. The number of rotatable bonds is 5. The molecule has 0 atom stereocenters. The second-order valence-electron chi connectivity index (χ2n) is 16.6. The zero-order valence-corrected chi connectivity index (χ0v) is 32.6. The van der Waals surface area contributed by atoms with Crippen LogP contribution in [0.15, 0.2) is 182 Å². The Labute approximate surface area is 335 Å². The average molecular weight is 735 g/mol. The van der Waals surface area contributed by atoms with Gasteiger partial charge < -0.3 is 14.5 Å². The van der Waals surface area contributed by atoms with Crippen LogP contribution < -0.4 is 14.5 Å². The molecule has 1 aliphatic carbocycles. The monoisotopic (exact) mass is 734 g/mol. The van der Waals surface area contributed by atoms with Gasteiger partial charge >= 0.3 is 0 Å². The molecule has 0 unspecified atom stereocenters. The quantitative estimate of drug-likeness (QED) is 0.175. The van der Waals surface area contributed by atoms with Crippen LogP contribution in [0.2, 0.25) is 0 Å². The fourth-order valence-electron chi connectivity index (χ4n) is 9.68. The molecule has 0 bridgehead atoms. The van der Waals surface area contributed by atoms with Crippen LogP contribution in [0.1, 0.15) is 49.9 Å². The summed E-state index contributed by atoms with van der Waals surface area (Å²) < 4.78 is 6.92. The minimum Gasteiger partial charge on any atom is -0.452 e. The molecule has 3 aliphatic rings. The van der Waals surface area contributed by atoms with Crippen LogP contribution >= 0.6 is 0 Å². The molecule has 274 valence electrons. The zero-order chi connectivity index (χ0) is 38.5. The third-order valence-corrected chi connectivity index (χ3v) is 12.7. The number of anilines is 6. The molecule has 0 saturated carbocycles. The highest BCUT2D eigenvalue weighted by Crippen LogP contribution is 2.61. The Morgan fingerprint density at radius 1 is 0.404 bits per heavy atom. The summed E-state index contributed by atoms with van der Waals surface area (Å²) in [4.78, 5) is 4.80. The predicted octanol–water partition coefficient (Wildman–Crippen LogP) is 15.0. The molecular weight excluding hydrogens is 693 g/mol. The Morgan fingerprint density at radius 3 is 1.70 bits per heavy atom. The number of ether oxygens (including phenoxy) is 1. The summed E-state index contributed by atoms with van der Waals surface area (Å²) in [6.45, 7) is 9.35. The first-order valence-electron chi connectivity index (χ1n) is 19.9. The molecule has 0 saturated heterocycles. The summed E-state index contributed by atoms with van der Waals surface area (Å²) >= 11 is 0. The van der Waals surface area contributed by atoms with E-state index in [4.69, 9.17) is 4.74 Å². The average Bonchev–Trinajstić information content (AvgIpc) is 3.48. The summed E-state index contributed by atoms with van der Waals surface area (Å²) in [6.07, 6.45) is 0. The maximum Gasteiger partial charge on any atom is 0.159 e. The molecule has 57 heavy (non-hydrogen) atoms. The van der Waals surface area contributed by atoms with E-state index >= 15 is 0 Å². The number of benzene rings is 8. The van der Waals surface area contributed by atoms with E-state index in [0.717, 1.165) is 51.1 Å². The van der Waals surface area contributed by atoms with Crippen LogP contribution in [0, 0.1) is 0 Å². The maximum absolute atomic E-state index is 6.92. The van der Waals surface area contributed by atoms with Crippen LogP contribution in [0.3, 0.4) is 0 Å². The van der Waals surface area contributed by atoms with Gasteiger partial charge in [-0.2, -0.15) is 0 Å². The minimum atomic E-state index is -0.197. The van der Waals surface area contributed by atoms with Crippen LogP contribution in [0.4, 0.5) is 34.1 Å². The molecule has 0 radical (unpaired) electrons. The van der Waals surface area contributed by atoms with E-state index in [1.165, 1.54) is 50.2 Å². The number of nitrogens with zero attached hydrogens (tertiary/aromatic N) is 2. The van der Waals surface area contributed by atoms with Gasteiger partial charge in [0.2, 0.25) is 0 Å².